The van der Waals surface area contributed by atoms with Gasteiger partial charge in [-0.25, -0.2) is 9.89 Å². The molecule has 3 saturated heterocycles. The molecule has 82 valence electrons. The zero-order chi connectivity index (χ0) is 10.4. The van der Waals surface area contributed by atoms with Gasteiger partial charge >= 0.3 is 5.69 Å². The Hall–Kier alpha value is -0.880. The van der Waals surface area contributed by atoms with E-state index in [-0.39, 0.29) is 11.7 Å². The van der Waals surface area contributed by atoms with Crippen LogP contribution < -0.4 is 5.69 Å². The lowest BCUT2D eigenvalue weighted by Crippen LogP contribution is -2.49. The molecule has 1 unspecified atom stereocenters. The first kappa shape index (κ1) is 9.35. The summed E-state index contributed by atoms with van der Waals surface area (Å²) in [5.74, 6) is 0.624. The number of aromatic nitrogens is 3. The minimum Gasteiger partial charge on any atom is -0.301 e. The highest BCUT2D eigenvalue weighted by molar-refractivity contribution is 7.71. The summed E-state index contributed by atoms with van der Waals surface area (Å²) in [5, 5.41) is 5.27. The number of nitrogens with zero attached hydrogens (tertiary/aromatic N) is 2. The fourth-order valence-corrected chi connectivity index (χ4v) is 3.12. The lowest BCUT2D eigenvalue weighted by atomic mass is 9.84. The van der Waals surface area contributed by atoms with E-state index in [2.05, 4.69) is 15.1 Å². The van der Waals surface area contributed by atoms with Crippen molar-refractivity contribution in [3.8, 4) is 0 Å². The molecule has 5 nitrogen and oxygen atoms in total. The molecule has 0 aromatic carbocycles. The number of H-pyrrole nitrogens is 2. The first-order valence-electron chi connectivity index (χ1n) is 5.37. The van der Waals surface area contributed by atoms with Crippen LogP contribution in [-0.2, 0) is 0 Å². The number of hydrogen-bond acceptors (Lipinski definition) is 3. The molecule has 6 heteroatoms. The van der Waals surface area contributed by atoms with Gasteiger partial charge in [-0.3, -0.25) is 9.67 Å². The Labute approximate surface area is 92.1 Å². The van der Waals surface area contributed by atoms with Crippen LogP contribution in [-0.4, -0.2) is 39.3 Å². The minimum atomic E-state index is -0.0984. The largest absolute Gasteiger partial charge is 0.342 e. The van der Waals surface area contributed by atoms with Gasteiger partial charge in [-0.2, -0.15) is 0 Å². The van der Waals surface area contributed by atoms with E-state index < -0.39 is 0 Å². The van der Waals surface area contributed by atoms with E-state index in [0.717, 1.165) is 6.54 Å². The predicted octanol–water partition coefficient (Wildman–Crippen LogP) is 0.501. The molecule has 0 saturated carbocycles. The number of nitrogens with one attached hydrogen (secondary N) is 2. The van der Waals surface area contributed by atoms with Gasteiger partial charge in [0.25, 0.3) is 0 Å². The van der Waals surface area contributed by atoms with E-state index in [1.54, 1.807) is 4.57 Å². The molecule has 3 fully saturated rings. The molecule has 2 N–H and O–H groups in total. The third-order valence-electron chi connectivity index (χ3n) is 3.67. The summed E-state index contributed by atoms with van der Waals surface area (Å²) >= 11 is 5.13. The average Bonchev–Trinajstić information content (AvgIpc) is 2.60. The van der Waals surface area contributed by atoms with Crippen LogP contribution in [0.2, 0.25) is 0 Å². The van der Waals surface area contributed by atoms with Gasteiger partial charge in [-0.05, 0) is 44.1 Å². The predicted molar refractivity (Wildman–Crippen MR) is 58.4 cm³/mol. The monoisotopic (exact) mass is 226 g/mol. The third-order valence-corrected chi connectivity index (χ3v) is 3.97. The first-order valence-corrected chi connectivity index (χ1v) is 5.78. The zero-order valence-corrected chi connectivity index (χ0v) is 9.22. The van der Waals surface area contributed by atoms with Crippen LogP contribution in [0.25, 0.3) is 0 Å². The first-order chi connectivity index (χ1) is 7.25. The molecular formula is C9H14N4OS. The summed E-state index contributed by atoms with van der Waals surface area (Å²) in [6.45, 7) is 3.33. The molecule has 3 aliphatic rings. The normalized spacial score (nSPS) is 34.5. The molecule has 1 aromatic heterocycles. The van der Waals surface area contributed by atoms with Crippen molar-refractivity contribution in [2.45, 2.75) is 18.9 Å². The standard InChI is InChI=1S/C9H14N4OS/c14-8-10-11-9(15)13(8)7-5-12-3-1-6(7)2-4-12/h6-7H,1-5H2,(H,10,14)(H,11,15). The van der Waals surface area contributed by atoms with Crippen LogP contribution in [0.15, 0.2) is 4.79 Å². The van der Waals surface area contributed by atoms with Gasteiger partial charge in [-0.15, -0.1) is 0 Å². The van der Waals surface area contributed by atoms with Crippen LogP contribution in [0.5, 0.6) is 0 Å². The lowest BCUT2D eigenvalue weighted by Gasteiger charge is -2.44. The minimum absolute atomic E-state index is 0.0984. The van der Waals surface area contributed by atoms with Crippen LogP contribution >= 0.6 is 12.2 Å². The maximum atomic E-state index is 11.6. The Morgan fingerprint density at radius 1 is 1.27 bits per heavy atom. The molecular weight excluding hydrogens is 212 g/mol. The number of fused-ring (bicyclic) bond motifs is 3. The van der Waals surface area contributed by atoms with Gasteiger partial charge in [0.05, 0.1) is 6.04 Å². The lowest BCUT2D eigenvalue weighted by molar-refractivity contribution is 0.0548. The zero-order valence-electron chi connectivity index (χ0n) is 8.40. The molecule has 2 bridgehead atoms. The van der Waals surface area contributed by atoms with E-state index in [9.17, 15) is 4.79 Å². The molecule has 3 aliphatic heterocycles. The average molecular weight is 226 g/mol. The topological polar surface area (TPSA) is 56.8 Å². The van der Waals surface area contributed by atoms with E-state index in [0.29, 0.717) is 10.7 Å². The third kappa shape index (κ3) is 1.39. The van der Waals surface area contributed by atoms with Gasteiger partial charge in [-0.1, -0.05) is 0 Å². The van der Waals surface area contributed by atoms with Gasteiger partial charge in [0.15, 0.2) is 4.77 Å². The molecule has 15 heavy (non-hydrogen) atoms. The Morgan fingerprint density at radius 3 is 2.47 bits per heavy atom. The second-order valence-corrected chi connectivity index (χ2v) is 4.82. The van der Waals surface area contributed by atoms with Crippen molar-refractivity contribution in [2.75, 3.05) is 19.6 Å². The van der Waals surface area contributed by atoms with Crippen LogP contribution in [0.3, 0.4) is 0 Å². The SMILES string of the molecule is O=c1[nH][nH]c(=S)n1C1CN2CCC1CC2. The molecule has 4 heterocycles. The van der Waals surface area contributed by atoms with Gasteiger partial charge in [0, 0.05) is 6.54 Å². The van der Waals surface area contributed by atoms with E-state index in [1.807, 2.05) is 0 Å². The van der Waals surface area contributed by atoms with Crippen molar-refractivity contribution >= 4 is 12.2 Å². The Morgan fingerprint density at radius 2 is 2.00 bits per heavy atom. The number of aromatic amines is 2. The second kappa shape index (κ2) is 3.31. The van der Waals surface area contributed by atoms with E-state index in [1.165, 1.54) is 25.9 Å². The summed E-state index contributed by atoms with van der Waals surface area (Å²) in [7, 11) is 0. The van der Waals surface area contributed by atoms with Gasteiger partial charge < -0.3 is 4.90 Å². The summed E-state index contributed by atoms with van der Waals surface area (Å²) in [5.41, 5.74) is -0.0984. The number of piperidine rings is 3. The fraction of sp³-hybridized carbons (Fsp3) is 0.778. The van der Waals surface area contributed by atoms with Crippen molar-refractivity contribution in [1.82, 2.24) is 19.7 Å². The molecule has 0 aliphatic carbocycles. The van der Waals surface area contributed by atoms with Crippen molar-refractivity contribution < 1.29 is 0 Å². The highest BCUT2D eigenvalue weighted by atomic mass is 32.1. The van der Waals surface area contributed by atoms with Crippen molar-refractivity contribution in [1.29, 1.82) is 0 Å². The molecule has 1 atom stereocenters. The highest BCUT2D eigenvalue weighted by Crippen LogP contribution is 2.34. The van der Waals surface area contributed by atoms with Crippen molar-refractivity contribution in [3.63, 3.8) is 0 Å². The smallest absolute Gasteiger partial charge is 0.301 e. The highest BCUT2D eigenvalue weighted by Gasteiger charge is 2.36. The van der Waals surface area contributed by atoms with Crippen LogP contribution in [0.1, 0.15) is 18.9 Å². The van der Waals surface area contributed by atoms with Crippen molar-refractivity contribution in [2.24, 2.45) is 5.92 Å². The van der Waals surface area contributed by atoms with Crippen molar-refractivity contribution in [3.05, 3.63) is 15.3 Å². The summed E-state index contributed by atoms with van der Waals surface area (Å²) in [6.07, 6.45) is 2.38. The quantitative estimate of drug-likeness (QED) is 0.686. The maximum absolute atomic E-state index is 11.6. The number of rotatable bonds is 1. The van der Waals surface area contributed by atoms with Crippen LogP contribution in [0.4, 0.5) is 0 Å². The Balaban J connectivity index is 2.01. The maximum Gasteiger partial charge on any atom is 0.342 e. The van der Waals surface area contributed by atoms with Gasteiger partial charge in [0.2, 0.25) is 0 Å². The van der Waals surface area contributed by atoms with E-state index >= 15 is 0 Å². The molecule has 0 amide bonds. The second-order valence-electron chi connectivity index (χ2n) is 4.44. The molecule has 0 radical (unpaired) electrons. The van der Waals surface area contributed by atoms with Crippen LogP contribution in [0, 0.1) is 10.7 Å². The molecule has 1 aromatic rings. The summed E-state index contributed by atoms with van der Waals surface area (Å²) in [4.78, 5) is 14.0. The molecule has 4 rings (SSSR count). The van der Waals surface area contributed by atoms with Gasteiger partial charge in [0.1, 0.15) is 0 Å². The Bertz CT molecular complexity index is 437. The molecule has 0 spiro atoms. The fourth-order valence-electron chi connectivity index (χ4n) is 2.85. The summed E-state index contributed by atoms with van der Waals surface area (Å²) < 4.78 is 2.24. The Kier molecular flexibility index (Phi) is 2.07. The summed E-state index contributed by atoms with van der Waals surface area (Å²) in [6, 6.07) is 0.273. The van der Waals surface area contributed by atoms with E-state index in [4.69, 9.17) is 12.2 Å². The number of hydrogen-bond donors (Lipinski definition) is 2.